The van der Waals surface area contributed by atoms with Gasteiger partial charge in [0.1, 0.15) is 6.33 Å². The number of carbonyl (C=O) groups is 1. The highest BCUT2D eigenvalue weighted by molar-refractivity contribution is 7.99. The van der Waals surface area contributed by atoms with Gasteiger partial charge >= 0.3 is 0 Å². The van der Waals surface area contributed by atoms with Gasteiger partial charge in [0.2, 0.25) is 5.91 Å². The molecular formula is C11H18N4O3S2. The van der Waals surface area contributed by atoms with Gasteiger partial charge in [-0.05, 0) is 20.3 Å². The van der Waals surface area contributed by atoms with Crippen molar-refractivity contribution in [2.24, 2.45) is 0 Å². The van der Waals surface area contributed by atoms with E-state index in [-0.39, 0.29) is 23.2 Å². The average Bonchev–Trinajstić information content (AvgIpc) is 2.90. The predicted molar refractivity (Wildman–Crippen MR) is 76.2 cm³/mol. The smallest absolute Gasteiger partial charge is 0.230 e. The van der Waals surface area contributed by atoms with E-state index in [0.29, 0.717) is 11.6 Å². The molecule has 1 saturated heterocycles. The first kappa shape index (κ1) is 15.3. The van der Waals surface area contributed by atoms with Gasteiger partial charge in [-0.25, -0.2) is 8.42 Å². The van der Waals surface area contributed by atoms with Crippen molar-refractivity contribution in [1.29, 1.82) is 0 Å². The summed E-state index contributed by atoms with van der Waals surface area (Å²) < 4.78 is 24.8. The third-order valence-corrected chi connectivity index (χ3v) is 6.08. The van der Waals surface area contributed by atoms with Crippen LogP contribution in [-0.4, -0.2) is 51.9 Å². The maximum Gasteiger partial charge on any atom is 0.230 e. The van der Waals surface area contributed by atoms with Crippen LogP contribution in [0.4, 0.5) is 0 Å². The molecule has 1 amide bonds. The van der Waals surface area contributed by atoms with Crippen molar-refractivity contribution in [3.63, 3.8) is 0 Å². The van der Waals surface area contributed by atoms with Crippen LogP contribution < -0.4 is 5.32 Å². The maximum absolute atomic E-state index is 11.9. The number of aryl methyl sites for hydroxylation is 1. The van der Waals surface area contributed by atoms with Crippen molar-refractivity contribution in [3.8, 4) is 0 Å². The number of amides is 1. The number of carbonyl (C=O) groups excluding carboxylic acids is 1. The molecular weight excluding hydrogens is 300 g/mol. The van der Waals surface area contributed by atoms with Crippen molar-refractivity contribution in [2.75, 3.05) is 17.3 Å². The second kappa shape index (κ2) is 5.72. The molecule has 0 unspecified atom stereocenters. The lowest BCUT2D eigenvalue weighted by Gasteiger charge is -2.23. The van der Waals surface area contributed by atoms with Crippen molar-refractivity contribution in [1.82, 2.24) is 20.1 Å². The quantitative estimate of drug-likeness (QED) is 0.773. The summed E-state index contributed by atoms with van der Waals surface area (Å²) in [5.74, 6) is 0.178. The fourth-order valence-corrected chi connectivity index (χ4v) is 5.06. The van der Waals surface area contributed by atoms with Crippen LogP contribution in [0, 0.1) is 0 Å². The molecule has 112 valence electrons. The Labute approximate surface area is 122 Å². The van der Waals surface area contributed by atoms with Gasteiger partial charge in [-0.2, -0.15) is 0 Å². The molecule has 2 rings (SSSR count). The Morgan fingerprint density at radius 2 is 2.35 bits per heavy atom. The number of nitrogens with zero attached hydrogens (tertiary/aromatic N) is 3. The summed E-state index contributed by atoms with van der Waals surface area (Å²) in [6, 6.07) is 0. The van der Waals surface area contributed by atoms with Crippen molar-refractivity contribution < 1.29 is 13.2 Å². The van der Waals surface area contributed by atoms with E-state index in [4.69, 9.17) is 0 Å². The van der Waals surface area contributed by atoms with Crippen molar-refractivity contribution in [2.45, 2.75) is 37.5 Å². The molecule has 0 radical (unpaired) electrons. The zero-order chi connectivity index (χ0) is 14.8. The largest absolute Gasteiger partial charge is 0.349 e. The van der Waals surface area contributed by atoms with Crippen LogP contribution in [0.15, 0.2) is 11.5 Å². The Morgan fingerprint density at radius 3 is 2.95 bits per heavy atom. The fourth-order valence-electron chi connectivity index (χ4n) is 2.18. The maximum atomic E-state index is 11.9. The van der Waals surface area contributed by atoms with Crippen LogP contribution in [0.5, 0.6) is 0 Å². The zero-order valence-corrected chi connectivity index (χ0v) is 13.1. The number of hydrogen-bond donors (Lipinski definition) is 1. The normalized spacial score (nSPS) is 24.7. The summed E-state index contributed by atoms with van der Waals surface area (Å²) in [4.78, 5) is 11.9. The Balaban J connectivity index is 1.87. The molecule has 2 heterocycles. The molecule has 1 aliphatic heterocycles. The Bertz CT molecular complexity index is 599. The molecule has 0 aromatic carbocycles. The van der Waals surface area contributed by atoms with E-state index in [1.807, 2.05) is 11.5 Å². The molecule has 0 bridgehead atoms. The van der Waals surface area contributed by atoms with Gasteiger partial charge in [0.15, 0.2) is 15.0 Å². The lowest BCUT2D eigenvalue weighted by Crippen LogP contribution is -2.47. The van der Waals surface area contributed by atoms with E-state index in [1.165, 1.54) is 11.8 Å². The lowest BCUT2D eigenvalue weighted by molar-refractivity contribution is -0.120. The third kappa shape index (κ3) is 3.72. The molecule has 7 nitrogen and oxygen atoms in total. The number of hydrogen-bond acceptors (Lipinski definition) is 6. The lowest BCUT2D eigenvalue weighted by atomic mass is 10.0. The van der Waals surface area contributed by atoms with E-state index < -0.39 is 15.4 Å². The topological polar surface area (TPSA) is 93.9 Å². The highest BCUT2D eigenvalue weighted by atomic mass is 32.2. The van der Waals surface area contributed by atoms with Gasteiger partial charge in [0.25, 0.3) is 0 Å². The molecule has 20 heavy (non-hydrogen) atoms. The molecule has 0 spiro atoms. The standard InChI is InChI=1S/C11H18N4O3S2/c1-3-15-8-12-14-10(15)19-6-9(16)13-11(2)4-5-20(17,18)7-11/h8H,3-7H2,1-2H3,(H,13,16)/t11-/m0/s1. The second-order valence-electron chi connectivity index (χ2n) is 5.14. The van der Waals surface area contributed by atoms with Crippen LogP contribution in [0.3, 0.4) is 0 Å². The van der Waals surface area contributed by atoms with Crippen LogP contribution in [-0.2, 0) is 21.2 Å². The average molecular weight is 318 g/mol. The van der Waals surface area contributed by atoms with Crippen LogP contribution in [0.25, 0.3) is 0 Å². The van der Waals surface area contributed by atoms with Crippen molar-refractivity contribution >= 4 is 27.5 Å². The van der Waals surface area contributed by atoms with Crippen LogP contribution >= 0.6 is 11.8 Å². The van der Waals surface area contributed by atoms with E-state index >= 15 is 0 Å². The Morgan fingerprint density at radius 1 is 1.60 bits per heavy atom. The molecule has 1 N–H and O–H groups in total. The van der Waals surface area contributed by atoms with Gasteiger partial charge in [0.05, 0.1) is 22.8 Å². The van der Waals surface area contributed by atoms with Gasteiger partial charge in [-0.1, -0.05) is 11.8 Å². The molecule has 1 aromatic rings. The molecule has 1 fully saturated rings. The minimum absolute atomic E-state index is 0.0154. The summed E-state index contributed by atoms with van der Waals surface area (Å²) in [5, 5.41) is 11.2. The molecule has 1 aromatic heterocycles. The molecule has 0 aliphatic carbocycles. The summed E-state index contributed by atoms with van der Waals surface area (Å²) in [5.41, 5.74) is -0.644. The number of sulfone groups is 1. The molecule has 0 saturated carbocycles. The number of rotatable bonds is 5. The summed E-state index contributed by atoms with van der Waals surface area (Å²) in [7, 11) is -3.02. The monoisotopic (exact) mass is 318 g/mol. The molecule has 1 atom stereocenters. The molecule has 1 aliphatic rings. The second-order valence-corrected chi connectivity index (χ2v) is 8.27. The fraction of sp³-hybridized carbons (Fsp3) is 0.727. The summed E-state index contributed by atoms with van der Waals surface area (Å²) in [6.45, 7) is 4.49. The first-order chi connectivity index (χ1) is 9.34. The minimum atomic E-state index is -3.02. The van der Waals surface area contributed by atoms with Crippen LogP contribution in [0.2, 0.25) is 0 Å². The highest BCUT2D eigenvalue weighted by Gasteiger charge is 2.39. The molecule has 9 heteroatoms. The van der Waals surface area contributed by atoms with E-state index in [9.17, 15) is 13.2 Å². The van der Waals surface area contributed by atoms with E-state index in [0.717, 1.165) is 6.54 Å². The Hall–Kier alpha value is -1.09. The van der Waals surface area contributed by atoms with Crippen molar-refractivity contribution in [3.05, 3.63) is 6.33 Å². The third-order valence-electron chi connectivity index (χ3n) is 3.20. The van der Waals surface area contributed by atoms with E-state index in [1.54, 1.807) is 13.3 Å². The zero-order valence-electron chi connectivity index (χ0n) is 11.5. The minimum Gasteiger partial charge on any atom is -0.349 e. The summed E-state index contributed by atoms with van der Waals surface area (Å²) >= 11 is 1.30. The SMILES string of the molecule is CCn1cnnc1SCC(=O)N[C@@]1(C)CCS(=O)(=O)C1. The van der Waals surface area contributed by atoms with Crippen LogP contribution in [0.1, 0.15) is 20.3 Å². The van der Waals surface area contributed by atoms with Gasteiger partial charge in [-0.3, -0.25) is 4.79 Å². The Kier molecular flexibility index (Phi) is 4.38. The predicted octanol–water partition coefficient (Wildman–Crippen LogP) is 0.0835. The number of nitrogens with one attached hydrogen (secondary N) is 1. The number of aromatic nitrogens is 3. The van der Waals surface area contributed by atoms with E-state index in [2.05, 4.69) is 15.5 Å². The number of thioether (sulfide) groups is 1. The first-order valence-electron chi connectivity index (χ1n) is 6.36. The first-order valence-corrected chi connectivity index (χ1v) is 9.16. The van der Waals surface area contributed by atoms with Gasteiger partial charge in [-0.15, -0.1) is 10.2 Å². The van der Waals surface area contributed by atoms with Gasteiger partial charge < -0.3 is 9.88 Å². The summed E-state index contributed by atoms with van der Waals surface area (Å²) in [6.07, 6.45) is 2.09. The van der Waals surface area contributed by atoms with Gasteiger partial charge in [0, 0.05) is 6.54 Å². The highest BCUT2D eigenvalue weighted by Crippen LogP contribution is 2.23.